The normalized spacial score (nSPS) is 12.3. The highest BCUT2D eigenvalue weighted by molar-refractivity contribution is 6.31. The fourth-order valence-corrected chi connectivity index (χ4v) is 2.92. The molecule has 0 aliphatic heterocycles. The Morgan fingerprint density at radius 1 is 1.23 bits per heavy atom. The van der Waals surface area contributed by atoms with Gasteiger partial charge in [-0.15, -0.1) is 0 Å². The number of nitrogens with one attached hydrogen (secondary N) is 1. The van der Waals surface area contributed by atoms with Crippen LogP contribution in [0.2, 0.25) is 5.02 Å². The zero-order chi connectivity index (χ0) is 19.2. The number of imidazole rings is 1. The Kier molecular flexibility index (Phi) is 4.45. The van der Waals surface area contributed by atoms with E-state index in [1.54, 1.807) is 25.1 Å². The minimum Gasteiger partial charge on any atom is -0.324 e. The van der Waals surface area contributed by atoms with Crippen LogP contribution in [0.15, 0.2) is 34.1 Å². The minimum absolute atomic E-state index is 0.195. The first-order valence-corrected chi connectivity index (χ1v) is 8.29. The summed E-state index contributed by atoms with van der Waals surface area (Å²) in [4.78, 5) is 41.3. The lowest BCUT2D eigenvalue weighted by Gasteiger charge is -2.16. The highest BCUT2D eigenvalue weighted by atomic mass is 35.5. The zero-order valence-electron chi connectivity index (χ0n) is 14.8. The van der Waals surface area contributed by atoms with Crippen LogP contribution in [-0.4, -0.2) is 24.6 Å². The predicted molar refractivity (Wildman–Crippen MR) is 99.7 cm³/mol. The van der Waals surface area contributed by atoms with E-state index in [0.29, 0.717) is 10.7 Å². The number of hydrogen-bond donors (Lipinski definition) is 1. The molecule has 1 amide bonds. The van der Waals surface area contributed by atoms with Gasteiger partial charge in [-0.2, -0.15) is 0 Å². The van der Waals surface area contributed by atoms with Crippen LogP contribution in [0.25, 0.3) is 11.2 Å². The molecule has 2 aromatic heterocycles. The van der Waals surface area contributed by atoms with Crippen molar-refractivity contribution in [3.05, 3.63) is 56.0 Å². The molecular formula is C17H18ClN5O3. The molecule has 3 rings (SSSR count). The van der Waals surface area contributed by atoms with Gasteiger partial charge in [0.25, 0.3) is 5.56 Å². The Bertz CT molecular complexity index is 1140. The average Bonchev–Trinajstić information content (AvgIpc) is 3.05. The maximum atomic E-state index is 12.7. The molecule has 8 nitrogen and oxygen atoms in total. The van der Waals surface area contributed by atoms with Crippen LogP contribution in [0.5, 0.6) is 0 Å². The molecule has 0 saturated carbocycles. The molecule has 0 spiro atoms. The average molecular weight is 376 g/mol. The second-order valence-corrected chi connectivity index (χ2v) is 6.59. The van der Waals surface area contributed by atoms with Gasteiger partial charge in [0.1, 0.15) is 6.04 Å². The number of carbonyl (C=O) groups excluding carboxylic acids is 1. The van der Waals surface area contributed by atoms with Crippen LogP contribution in [0.3, 0.4) is 0 Å². The molecule has 0 bridgehead atoms. The summed E-state index contributed by atoms with van der Waals surface area (Å²) in [7, 11) is 2.92. The summed E-state index contributed by atoms with van der Waals surface area (Å²) in [5.74, 6) is -0.328. The van der Waals surface area contributed by atoms with Gasteiger partial charge in [0.15, 0.2) is 11.2 Å². The predicted octanol–water partition coefficient (Wildman–Crippen LogP) is 1.60. The Morgan fingerprint density at radius 3 is 2.62 bits per heavy atom. The van der Waals surface area contributed by atoms with E-state index in [4.69, 9.17) is 11.6 Å². The lowest BCUT2D eigenvalue weighted by Crippen LogP contribution is -2.38. The number of hydrogen-bond acceptors (Lipinski definition) is 4. The summed E-state index contributed by atoms with van der Waals surface area (Å²) >= 11 is 5.99. The van der Waals surface area contributed by atoms with Gasteiger partial charge >= 0.3 is 5.69 Å². The molecule has 1 atom stereocenters. The van der Waals surface area contributed by atoms with Crippen LogP contribution in [-0.2, 0) is 18.9 Å². The standard InChI is InChI=1S/C17H18ClN5O3/c1-9-5-6-11(18)7-12(9)20-15(24)10(2)23-8-19-14-13(23)16(25)22(4)17(26)21(14)3/h5-8,10H,1-4H3,(H,20,24). The van der Waals surface area contributed by atoms with E-state index >= 15 is 0 Å². The third-order valence-corrected chi connectivity index (χ3v) is 4.66. The summed E-state index contributed by atoms with van der Waals surface area (Å²) in [6.45, 7) is 3.51. The summed E-state index contributed by atoms with van der Waals surface area (Å²) in [6, 6.07) is 4.49. The zero-order valence-corrected chi connectivity index (χ0v) is 15.5. The SMILES string of the molecule is Cc1ccc(Cl)cc1NC(=O)C(C)n1cnc2c1c(=O)n(C)c(=O)n2C. The molecule has 0 fully saturated rings. The molecule has 1 N–H and O–H groups in total. The van der Waals surface area contributed by atoms with Crippen LogP contribution in [0.4, 0.5) is 5.69 Å². The minimum atomic E-state index is -0.719. The molecule has 0 aliphatic rings. The lowest BCUT2D eigenvalue weighted by molar-refractivity contribution is -0.118. The van der Waals surface area contributed by atoms with Gasteiger partial charge in [0.05, 0.1) is 6.33 Å². The molecule has 0 saturated heterocycles. The number of aromatic nitrogens is 4. The molecule has 0 aliphatic carbocycles. The van der Waals surface area contributed by atoms with Gasteiger partial charge in [-0.05, 0) is 31.5 Å². The first-order valence-electron chi connectivity index (χ1n) is 7.92. The fraction of sp³-hybridized carbons (Fsp3) is 0.294. The van der Waals surface area contributed by atoms with Crippen LogP contribution >= 0.6 is 11.6 Å². The van der Waals surface area contributed by atoms with Crippen molar-refractivity contribution in [2.75, 3.05) is 5.32 Å². The Morgan fingerprint density at radius 2 is 1.92 bits per heavy atom. The Hall–Kier alpha value is -2.87. The van der Waals surface area contributed by atoms with Crippen molar-refractivity contribution in [2.24, 2.45) is 14.1 Å². The van der Waals surface area contributed by atoms with Crippen molar-refractivity contribution in [2.45, 2.75) is 19.9 Å². The molecule has 9 heteroatoms. The molecule has 1 aromatic carbocycles. The summed E-state index contributed by atoms with van der Waals surface area (Å²) in [5, 5.41) is 3.32. The van der Waals surface area contributed by atoms with E-state index in [0.717, 1.165) is 10.1 Å². The number of amides is 1. The summed E-state index contributed by atoms with van der Waals surface area (Å²) in [6.07, 6.45) is 1.39. The first kappa shape index (κ1) is 17.9. The quantitative estimate of drug-likeness (QED) is 0.752. The highest BCUT2D eigenvalue weighted by Crippen LogP contribution is 2.22. The van der Waals surface area contributed by atoms with E-state index in [9.17, 15) is 14.4 Å². The third-order valence-electron chi connectivity index (χ3n) is 4.43. The lowest BCUT2D eigenvalue weighted by atomic mass is 10.2. The molecule has 136 valence electrons. The maximum absolute atomic E-state index is 12.7. The van der Waals surface area contributed by atoms with E-state index in [1.807, 2.05) is 6.92 Å². The van der Waals surface area contributed by atoms with Gasteiger partial charge in [-0.1, -0.05) is 17.7 Å². The van der Waals surface area contributed by atoms with Crippen molar-refractivity contribution in [1.29, 1.82) is 0 Å². The van der Waals surface area contributed by atoms with E-state index in [-0.39, 0.29) is 17.1 Å². The first-order chi connectivity index (χ1) is 12.2. The van der Waals surface area contributed by atoms with Gasteiger partial charge < -0.3 is 9.88 Å². The van der Waals surface area contributed by atoms with Gasteiger partial charge in [-0.25, -0.2) is 9.78 Å². The van der Waals surface area contributed by atoms with Crippen molar-refractivity contribution in [1.82, 2.24) is 18.7 Å². The van der Waals surface area contributed by atoms with Crippen LogP contribution < -0.4 is 16.6 Å². The monoisotopic (exact) mass is 375 g/mol. The number of halogens is 1. The number of rotatable bonds is 3. The van der Waals surface area contributed by atoms with Crippen molar-refractivity contribution < 1.29 is 4.79 Å². The van der Waals surface area contributed by atoms with Gasteiger partial charge in [0.2, 0.25) is 5.91 Å². The smallest absolute Gasteiger partial charge is 0.324 e. The molecule has 0 radical (unpaired) electrons. The topological polar surface area (TPSA) is 90.9 Å². The highest BCUT2D eigenvalue weighted by Gasteiger charge is 2.22. The van der Waals surface area contributed by atoms with Crippen LogP contribution in [0.1, 0.15) is 18.5 Å². The number of carbonyl (C=O) groups is 1. The van der Waals surface area contributed by atoms with Crippen LogP contribution in [0, 0.1) is 6.92 Å². The van der Waals surface area contributed by atoms with Crippen molar-refractivity contribution in [3.8, 4) is 0 Å². The van der Waals surface area contributed by atoms with E-state index in [1.165, 1.54) is 29.6 Å². The largest absolute Gasteiger partial charge is 0.332 e. The maximum Gasteiger partial charge on any atom is 0.332 e. The molecule has 26 heavy (non-hydrogen) atoms. The molecule has 1 unspecified atom stereocenters. The second kappa shape index (κ2) is 6.45. The number of fused-ring (bicyclic) bond motifs is 1. The van der Waals surface area contributed by atoms with Gasteiger partial charge in [-0.3, -0.25) is 18.7 Å². The third kappa shape index (κ3) is 2.82. The molecule has 2 heterocycles. The van der Waals surface area contributed by atoms with E-state index in [2.05, 4.69) is 10.3 Å². The Balaban J connectivity index is 2.04. The fourth-order valence-electron chi connectivity index (χ4n) is 2.75. The number of nitrogens with zero attached hydrogens (tertiary/aromatic N) is 4. The van der Waals surface area contributed by atoms with E-state index < -0.39 is 17.3 Å². The molecule has 3 aromatic rings. The number of anilines is 1. The summed E-state index contributed by atoms with van der Waals surface area (Å²) in [5.41, 5.74) is 0.915. The number of aryl methyl sites for hydroxylation is 2. The van der Waals surface area contributed by atoms with Gasteiger partial charge in [0, 0.05) is 24.8 Å². The Labute approximate surface area is 153 Å². The van der Waals surface area contributed by atoms with Crippen molar-refractivity contribution in [3.63, 3.8) is 0 Å². The molecular weight excluding hydrogens is 358 g/mol. The van der Waals surface area contributed by atoms with Crippen molar-refractivity contribution >= 4 is 34.4 Å². The second-order valence-electron chi connectivity index (χ2n) is 6.15. The summed E-state index contributed by atoms with van der Waals surface area (Å²) < 4.78 is 3.73. The number of benzene rings is 1.